The van der Waals surface area contributed by atoms with Crippen molar-refractivity contribution in [3.63, 3.8) is 0 Å². The Labute approximate surface area is 105 Å². The molecule has 1 N–H and O–H groups in total. The van der Waals surface area contributed by atoms with Gasteiger partial charge in [-0.05, 0) is 37.5 Å². The molecule has 1 heterocycles. The number of aliphatic hydroxyl groups excluding tert-OH is 1. The van der Waals surface area contributed by atoms with Crippen LogP contribution < -0.4 is 0 Å². The van der Waals surface area contributed by atoms with E-state index in [4.69, 9.17) is 5.11 Å². The summed E-state index contributed by atoms with van der Waals surface area (Å²) in [4.78, 5) is 5.28. The first-order valence-corrected chi connectivity index (χ1v) is 7.44. The number of aliphatic hydroxyl groups is 1. The molecule has 2 bridgehead atoms. The first-order valence-electron chi connectivity index (χ1n) is 7.44. The molecule has 0 spiro atoms. The van der Waals surface area contributed by atoms with Gasteiger partial charge in [-0.15, -0.1) is 0 Å². The van der Waals surface area contributed by atoms with Gasteiger partial charge in [-0.1, -0.05) is 6.42 Å². The molecule has 1 aliphatic heterocycles. The van der Waals surface area contributed by atoms with E-state index in [0.29, 0.717) is 6.61 Å². The minimum Gasteiger partial charge on any atom is -0.396 e. The second kappa shape index (κ2) is 5.25. The molecule has 0 unspecified atom stereocenters. The third-order valence-corrected chi connectivity index (χ3v) is 5.21. The Morgan fingerprint density at radius 3 is 2.41 bits per heavy atom. The van der Waals surface area contributed by atoms with Gasteiger partial charge in [0.05, 0.1) is 0 Å². The number of hydrogen-bond donors (Lipinski definition) is 1. The molecule has 0 radical (unpaired) electrons. The number of nitrogens with zero attached hydrogens (tertiary/aromatic N) is 2. The molecular weight excluding hydrogens is 212 g/mol. The van der Waals surface area contributed by atoms with Crippen LogP contribution in [0.1, 0.15) is 32.1 Å². The van der Waals surface area contributed by atoms with E-state index < -0.39 is 0 Å². The predicted molar refractivity (Wildman–Crippen MR) is 69.0 cm³/mol. The van der Waals surface area contributed by atoms with Gasteiger partial charge in [0, 0.05) is 45.4 Å². The van der Waals surface area contributed by atoms with Crippen LogP contribution in [0.15, 0.2) is 0 Å². The lowest BCUT2D eigenvalue weighted by molar-refractivity contribution is 0.0683. The molecule has 3 atom stereocenters. The molecule has 3 aliphatic rings. The summed E-state index contributed by atoms with van der Waals surface area (Å²) in [6.45, 7) is 6.38. The molecule has 0 aromatic heterocycles. The van der Waals surface area contributed by atoms with E-state index in [2.05, 4.69) is 9.80 Å². The molecule has 0 amide bonds. The fourth-order valence-electron chi connectivity index (χ4n) is 4.27. The third-order valence-electron chi connectivity index (χ3n) is 5.21. The van der Waals surface area contributed by atoms with Crippen LogP contribution >= 0.6 is 0 Å². The maximum absolute atomic E-state index is 8.86. The highest BCUT2D eigenvalue weighted by atomic mass is 16.3. The molecule has 0 aromatic carbocycles. The maximum atomic E-state index is 8.86. The zero-order valence-electron chi connectivity index (χ0n) is 10.9. The lowest BCUT2D eigenvalue weighted by atomic mass is 9.93. The van der Waals surface area contributed by atoms with Gasteiger partial charge in [0.2, 0.25) is 0 Å². The Kier molecular flexibility index (Phi) is 3.69. The topological polar surface area (TPSA) is 26.7 Å². The van der Waals surface area contributed by atoms with Crippen molar-refractivity contribution in [1.82, 2.24) is 9.80 Å². The van der Waals surface area contributed by atoms with E-state index in [1.165, 1.54) is 51.9 Å². The van der Waals surface area contributed by atoms with Crippen molar-refractivity contribution in [3.05, 3.63) is 0 Å². The van der Waals surface area contributed by atoms with Crippen LogP contribution in [0.25, 0.3) is 0 Å². The number of fused-ring (bicyclic) bond motifs is 2. The molecule has 0 aromatic rings. The molecule has 3 rings (SSSR count). The highest BCUT2D eigenvalue weighted by Crippen LogP contribution is 2.46. The van der Waals surface area contributed by atoms with E-state index in [0.717, 1.165) is 30.8 Å². The summed E-state index contributed by atoms with van der Waals surface area (Å²) < 4.78 is 0. The summed E-state index contributed by atoms with van der Waals surface area (Å²) in [5, 5.41) is 8.86. The summed E-state index contributed by atoms with van der Waals surface area (Å²) in [5.41, 5.74) is 0. The molecule has 1 saturated heterocycles. The van der Waals surface area contributed by atoms with E-state index in [1.54, 1.807) is 0 Å². The lowest BCUT2D eigenvalue weighted by Crippen LogP contribution is -2.51. The van der Waals surface area contributed by atoms with Gasteiger partial charge in [-0.25, -0.2) is 0 Å². The second-order valence-corrected chi connectivity index (χ2v) is 6.20. The largest absolute Gasteiger partial charge is 0.396 e. The van der Waals surface area contributed by atoms with Crippen LogP contribution in [0.3, 0.4) is 0 Å². The van der Waals surface area contributed by atoms with Gasteiger partial charge in [0.1, 0.15) is 0 Å². The number of hydrogen-bond acceptors (Lipinski definition) is 3. The molecule has 3 fully saturated rings. The van der Waals surface area contributed by atoms with Crippen molar-refractivity contribution in [3.8, 4) is 0 Å². The van der Waals surface area contributed by atoms with Crippen LogP contribution in [0, 0.1) is 11.8 Å². The normalized spacial score (nSPS) is 39.0. The molecule has 3 heteroatoms. The van der Waals surface area contributed by atoms with Crippen molar-refractivity contribution in [2.24, 2.45) is 11.8 Å². The van der Waals surface area contributed by atoms with Gasteiger partial charge in [-0.2, -0.15) is 0 Å². The zero-order chi connectivity index (χ0) is 11.7. The van der Waals surface area contributed by atoms with Crippen molar-refractivity contribution >= 4 is 0 Å². The smallest absolute Gasteiger partial charge is 0.0443 e. The summed E-state index contributed by atoms with van der Waals surface area (Å²) in [6, 6.07) is 0.925. The monoisotopic (exact) mass is 238 g/mol. The van der Waals surface area contributed by atoms with Crippen LogP contribution in [0.2, 0.25) is 0 Å². The van der Waals surface area contributed by atoms with E-state index in [9.17, 15) is 0 Å². The molecular formula is C14H26N2O. The quantitative estimate of drug-likeness (QED) is 0.796. The van der Waals surface area contributed by atoms with Crippen molar-refractivity contribution < 1.29 is 5.11 Å². The van der Waals surface area contributed by atoms with Crippen molar-refractivity contribution in [2.45, 2.75) is 38.1 Å². The standard InChI is InChI=1S/C14H26N2O/c17-9-1-4-15-5-7-16(8-6-15)14-11-12-2-3-13(14)10-12/h12-14,17H,1-11H2/t12-,13-,14-/m0/s1. The molecule has 17 heavy (non-hydrogen) atoms. The molecule has 2 saturated carbocycles. The van der Waals surface area contributed by atoms with Gasteiger partial charge in [-0.3, -0.25) is 4.90 Å². The van der Waals surface area contributed by atoms with Crippen LogP contribution in [0.5, 0.6) is 0 Å². The van der Waals surface area contributed by atoms with Crippen LogP contribution in [0.4, 0.5) is 0 Å². The average molecular weight is 238 g/mol. The fraction of sp³-hybridized carbons (Fsp3) is 1.00. The first-order chi connectivity index (χ1) is 8.36. The van der Waals surface area contributed by atoms with Crippen molar-refractivity contribution in [2.75, 3.05) is 39.3 Å². The Morgan fingerprint density at radius 2 is 1.82 bits per heavy atom. The van der Waals surface area contributed by atoms with Crippen LogP contribution in [-0.4, -0.2) is 60.3 Å². The van der Waals surface area contributed by atoms with Crippen molar-refractivity contribution in [1.29, 1.82) is 0 Å². The van der Waals surface area contributed by atoms with E-state index in [1.807, 2.05) is 0 Å². The lowest BCUT2D eigenvalue weighted by Gasteiger charge is -2.41. The number of rotatable bonds is 4. The highest BCUT2D eigenvalue weighted by Gasteiger charge is 2.42. The molecule has 3 nitrogen and oxygen atoms in total. The fourth-order valence-corrected chi connectivity index (χ4v) is 4.27. The predicted octanol–water partition coefficient (Wildman–Crippen LogP) is 1.17. The Hall–Kier alpha value is -0.120. The summed E-state index contributed by atoms with van der Waals surface area (Å²) in [6.07, 6.45) is 6.96. The first kappa shape index (κ1) is 11.9. The highest BCUT2D eigenvalue weighted by molar-refractivity contribution is 4.96. The third kappa shape index (κ3) is 2.51. The number of piperazine rings is 1. The maximum Gasteiger partial charge on any atom is 0.0443 e. The summed E-state index contributed by atoms with van der Waals surface area (Å²) in [7, 11) is 0. The van der Waals surface area contributed by atoms with Gasteiger partial charge < -0.3 is 10.0 Å². The Morgan fingerprint density at radius 1 is 1.00 bits per heavy atom. The molecule has 2 aliphatic carbocycles. The molecule has 98 valence electrons. The summed E-state index contributed by atoms with van der Waals surface area (Å²) >= 11 is 0. The second-order valence-electron chi connectivity index (χ2n) is 6.20. The average Bonchev–Trinajstić information content (AvgIpc) is 2.99. The van der Waals surface area contributed by atoms with Gasteiger partial charge in [0.25, 0.3) is 0 Å². The minimum absolute atomic E-state index is 0.340. The van der Waals surface area contributed by atoms with Gasteiger partial charge in [0.15, 0.2) is 0 Å². The van der Waals surface area contributed by atoms with Gasteiger partial charge >= 0.3 is 0 Å². The minimum atomic E-state index is 0.340. The van der Waals surface area contributed by atoms with E-state index in [-0.39, 0.29) is 0 Å². The SMILES string of the molecule is OCCCN1CCN([C@H]2C[C@H]3CC[C@H]2C3)CC1. The Bertz CT molecular complexity index is 251. The zero-order valence-corrected chi connectivity index (χ0v) is 10.9. The van der Waals surface area contributed by atoms with E-state index >= 15 is 0 Å². The van der Waals surface area contributed by atoms with Crippen LogP contribution in [-0.2, 0) is 0 Å². The summed E-state index contributed by atoms with van der Waals surface area (Å²) in [5.74, 6) is 2.10. The Balaban J connectivity index is 1.45.